The molecular weight excluding hydrogens is 337 g/mol. The fourth-order valence-electron chi connectivity index (χ4n) is 1.80. The molecule has 3 nitrogen and oxygen atoms in total. The van der Waals surface area contributed by atoms with Crippen LogP contribution in [0.3, 0.4) is 0 Å². The molecule has 2 aromatic carbocycles. The Morgan fingerprint density at radius 2 is 1.90 bits per heavy atom. The minimum absolute atomic E-state index is 0.0102. The summed E-state index contributed by atoms with van der Waals surface area (Å²) in [5.74, 6) is -0.302. The predicted molar refractivity (Wildman–Crippen MR) is 84.3 cm³/mol. The molecule has 0 fully saturated rings. The van der Waals surface area contributed by atoms with Crippen molar-refractivity contribution in [2.45, 2.75) is 20.0 Å². The molecule has 5 heteroatoms. The van der Waals surface area contributed by atoms with Gasteiger partial charge in [-0.15, -0.1) is 0 Å². The summed E-state index contributed by atoms with van der Waals surface area (Å²) in [5, 5.41) is 2.74. The lowest BCUT2D eigenvalue weighted by molar-refractivity contribution is 0.102. The van der Waals surface area contributed by atoms with E-state index in [0.29, 0.717) is 11.4 Å². The largest absolute Gasteiger partial charge is 0.489 e. The lowest BCUT2D eigenvalue weighted by atomic mass is 10.2. The van der Waals surface area contributed by atoms with Crippen molar-refractivity contribution in [2.24, 2.45) is 0 Å². The van der Waals surface area contributed by atoms with E-state index in [0.717, 1.165) is 0 Å². The van der Waals surface area contributed by atoms with E-state index in [1.807, 2.05) is 19.9 Å². The number of benzene rings is 2. The first-order valence-electron chi connectivity index (χ1n) is 6.50. The number of ether oxygens (including phenoxy) is 1. The SMILES string of the molecule is CC(C)Oc1ccccc1NC(=O)c1cccc(F)c1Br. The Labute approximate surface area is 131 Å². The van der Waals surface area contributed by atoms with Crippen molar-refractivity contribution < 1.29 is 13.9 Å². The van der Waals surface area contributed by atoms with E-state index < -0.39 is 11.7 Å². The number of nitrogens with one attached hydrogen (secondary N) is 1. The maximum atomic E-state index is 13.5. The Morgan fingerprint density at radius 1 is 1.19 bits per heavy atom. The van der Waals surface area contributed by atoms with Crippen molar-refractivity contribution in [3.63, 3.8) is 0 Å². The van der Waals surface area contributed by atoms with Crippen molar-refractivity contribution in [1.82, 2.24) is 0 Å². The van der Waals surface area contributed by atoms with E-state index in [-0.39, 0.29) is 16.1 Å². The van der Waals surface area contributed by atoms with Gasteiger partial charge in [-0.25, -0.2) is 4.39 Å². The second-order valence-corrected chi connectivity index (χ2v) is 5.51. The summed E-state index contributed by atoms with van der Waals surface area (Å²) in [6.07, 6.45) is -0.0102. The smallest absolute Gasteiger partial charge is 0.257 e. The minimum Gasteiger partial charge on any atom is -0.489 e. The number of rotatable bonds is 4. The Morgan fingerprint density at radius 3 is 2.62 bits per heavy atom. The molecule has 2 rings (SSSR count). The summed E-state index contributed by atoms with van der Waals surface area (Å²) >= 11 is 3.09. The van der Waals surface area contributed by atoms with Gasteiger partial charge in [0.15, 0.2) is 0 Å². The van der Waals surface area contributed by atoms with Crippen molar-refractivity contribution in [3.8, 4) is 5.75 Å². The molecular formula is C16H15BrFNO2. The van der Waals surface area contributed by atoms with E-state index >= 15 is 0 Å². The normalized spacial score (nSPS) is 10.5. The number of para-hydroxylation sites is 2. The highest BCUT2D eigenvalue weighted by Gasteiger charge is 2.15. The number of carbonyl (C=O) groups is 1. The van der Waals surface area contributed by atoms with E-state index in [1.165, 1.54) is 12.1 Å². The number of anilines is 1. The minimum atomic E-state index is -0.477. The van der Waals surface area contributed by atoms with Gasteiger partial charge in [-0.1, -0.05) is 18.2 Å². The van der Waals surface area contributed by atoms with E-state index in [2.05, 4.69) is 21.2 Å². The Balaban J connectivity index is 2.26. The maximum absolute atomic E-state index is 13.5. The Kier molecular flexibility index (Phi) is 4.96. The summed E-state index contributed by atoms with van der Waals surface area (Å²) in [5.41, 5.74) is 0.779. The highest BCUT2D eigenvalue weighted by Crippen LogP contribution is 2.27. The topological polar surface area (TPSA) is 38.3 Å². The van der Waals surface area contributed by atoms with Crippen molar-refractivity contribution >= 4 is 27.5 Å². The van der Waals surface area contributed by atoms with Gasteiger partial charge < -0.3 is 10.1 Å². The first-order chi connectivity index (χ1) is 9.99. The lowest BCUT2D eigenvalue weighted by Crippen LogP contribution is -2.15. The van der Waals surface area contributed by atoms with Crippen LogP contribution in [0.5, 0.6) is 5.75 Å². The molecule has 0 aromatic heterocycles. The second-order valence-electron chi connectivity index (χ2n) is 4.72. The third-order valence-corrected chi connectivity index (χ3v) is 3.50. The summed E-state index contributed by atoms with van der Waals surface area (Å²) in [6, 6.07) is 11.5. The van der Waals surface area contributed by atoms with Crippen LogP contribution in [0.2, 0.25) is 0 Å². The van der Waals surface area contributed by atoms with E-state index in [9.17, 15) is 9.18 Å². The number of hydrogen-bond acceptors (Lipinski definition) is 2. The summed E-state index contributed by atoms with van der Waals surface area (Å²) in [7, 11) is 0. The molecule has 21 heavy (non-hydrogen) atoms. The van der Waals surface area contributed by atoms with Crippen LogP contribution in [0, 0.1) is 5.82 Å². The van der Waals surface area contributed by atoms with Crippen LogP contribution in [0.1, 0.15) is 24.2 Å². The molecule has 110 valence electrons. The zero-order valence-electron chi connectivity index (χ0n) is 11.7. The van der Waals surface area contributed by atoms with Crippen LogP contribution in [0.15, 0.2) is 46.9 Å². The average molecular weight is 352 g/mol. The third kappa shape index (κ3) is 3.82. The average Bonchev–Trinajstić information content (AvgIpc) is 2.43. The van der Waals surface area contributed by atoms with Crippen molar-refractivity contribution in [3.05, 3.63) is 58.3 Å². The molecule has 0 saturated heterocycles. The predicted octanol–water partition coefficient (Wildman–Crippen LogP) is 4.63. The molecule has 0 spiro atoms. The van der Waals surface area contributed by atoms with Gasteiger partial charge in [-0.2, -0.15) is 0 Å². The number of carbonyl (C=O) groups excluding carboxylic acids is 1. The van der Waals surface area contributed by atoms with Gasteiger partial charge in [-0.3, -0.25) is 4.79 Å². The van der Waals surface area contributed by atoms with Crippen LogP contribution < -0.4 is 10.1 Å². The molecule has 0 unspecified atom stereocenters. The first-order valence-corrected chi connectivity index (χ1v) is 7.29. The van der Waals surface area contributed by atoms with Gasteiger partial charge in [0, 0.05) is 0 Å². The van der Waals surface area contributed by atoms with Gasteiger partial charge in [-0.05, 0) is 54.0 Å². The van der Waals surface area contributed by atoms with Gasteiger partial charge in [0.1, 0.15) is 11.6 Å². The molecule has 2 aromatic rings. The van der Waals surface area contributed by atoms with Crippen LogP contribution >= 0.6 is 15.9 Å². The zero-order valence-corrected chi connectivity index (χ0v) is 13.3. The van der Waals surface area contributed by atoms with Gasteiger partial charge in [0.2, 0.25) is 0 Å². The molecule has 0 radical (unpaired) electrons. The molecule has 0 saturated carbocycles. The highest BCUT2D eigenvalue weighted by atomic mass is 79.9. The highest BCUT2D eigenvalue weighted by molar-refractivity contribution is 9.10. The summed E-state index contributed by atoms with van der Waals surface area (Å²) < 4.78 is 19.3. The molecule has 1 amide bonds. The van der Waals surface area contributed by atoms with Crippen LogP contribution in [0.25, 0.3) is 0 Å². The molecule has 0 bridgehead atoms. The number of halogens is 2. The second kappa shape index (κ2) is 6.72. The fraction of sp³-hybridized carbons (Fsp3) is 0.188. The quantitative estimate of drug-likeness (QED) is 0.872. The fourth-order valence-corrected chi connectivity index (χ4v) is 2.24. The van der Waals surface area contributed by atoms with Gasteiger partial charge in [0.25, 0.3) is 5.91 Å². The van der Waals surface area contributed by atoms with E-state index in [1.54, 1.807) is 24.3 Å². The van der Waals surface area contributed by atoms with Crippen molar-refractivity contribution in [1.29, 1.82) is 0 Å². The maximum Gasteiger partial charge on any atom is 0.257 e. The van der Waals surface area contributed by atoms with Crippen LogP contribution in [-0.2, 0) is 0 Å². The molecule has 0 aliphatic carbocycles. The molecule has 1 N–H and O–H groups in total. The van der Waals surface area contributed by atoms with Crippen LogP contribution in [0.4, 0.5) is 10.1 Å². The number of amides is 1. The number of hydrogen-bond donors (Lipinski definition) is 1. The van der Waals surface area contributed by atoms with Crippen LogP contribution in [-0.4, -0.2) is 12.0 Å². The monoisotopic (exact) mass is 351 g/mol. The van der Waals surface area contributed by atoms with Gasteiger partial charge in [0.05, 0.1) is 21.8 Å². The summed E-state index contributed by atoms with van der Waals surface area (Å²) in [4.78, 5) is 12.3. The van der Waals surface area contributed by atoms with Crippen molar-refractivity contribution in [2.75, 3.05) is 5.32 Å². The first kappa shape index (κ1) is 15.5. The standard InChI is InChI=1S/C16H15BrFNO2/c1-10(2)21-14-9-4-3-8-13(14)19-16(20)11-6-5-7-12(18)15(11)17/h3-10H,1-2H3,(H,19,20). The third-order valence-electron chi connectivity index (χ3n) is 2.69. The van der Waals surface area contributed by atoms with E-state index in [4.69, 9.17) is 4.74 Å². The summed E-state index contributed by atoms with van der Waals surface area (Å²) in [6.45, 7) is 3.81. The Hall–Kier alpha value is -1.88. The molecule has 0 heterocycles. The molecule has 0 aliphatic rings. The molecule has 0 atom stereocenters. The zero-order chi connectivity index (χ0) is 15.4. The molecule has 0 aliphatic heterocycles. The Bertz CT molecular complexity index is 658. The lowest BCUT2D eigenvalue weighted by Gasteiger charge is -2.15. The van der Waals surface area contributed by atoms with Gasteiger partial charge >= 0.3 is 0 Å².